The predicted molar refractivity (Wildman–Crippen MR) is 167 cm³/mol. The van der Waals surface area contributed by atoms with Crippen molar-refractivity contribution in [2.45, 2.75) is 72.3 Å². The number of carbonyl (C=O) groups is 1. The van der Waals surface area contributed by atoms with Crippen molar-refractivity contribution in [1.82, 2.24) is 24.1 Å². The van der Waals surface area contributed by atoms with Gasteiger partial charge in [0.2, 0.25) is 0 Å². The molecular weight excluding hydrogens is 597 g/mol. The van der Waals surface area contributed by atoms with Crippen LogP contribution in [0.3, 0.4) is 0 Å². The van der Waals surface area contributed by atoms with E-state index >= 15 is 0 Å². The number of hydrogen-bond donors (Lipinski definition) is 1. The minimum absolute atomic E-state index is 0. The first-order valence-electron chi connectivity index (χ1n) is 13.6. The van der Waals surface area contributed by atoms with E-state index in [0.29, 0.717) is 26.7 Å². The molecule has 1 aromatic carbocycles. The molecule has 14 heteroatoms. The molecule has 0 saturated carbocycles. The second-order valence-electron chi connectivity index (χ2n) is 11.2. The lowest BCUT2D eigenvalue weighted by Gasteiger charge is -2.28. The zero-order chi connectivity index (χ0) is 30.9. The van der Waals surface area contributed by atoms with Gasteiger partial charge in [0.15, 0.2) is 5.78 Å². The van der Waals surface area contributed by atoms with E-state index in [1.54, 1.807) is 27.7 Å². The maximum absolute atomic E-state index is 14.5. The number of aliphatic hydroxyl groups excluding tert-OH is 1. The number of Topliss-reactive ketones (excluding diaryl/α,β-unsaturated/α-hetero) is 1. The number of aromatic nitrogens is 5. The molecule has 43 heavy (non-hydrogen) atoms. The van der Waals surface area contributed by atoms with Crippen LogP contribution in [0, 0.1) is 18.7 Å². The Balaban J connectivity index is 0.00000506. The number of benzene rings is 1. The Morgan fingerprint density at radius 1 is 1.16 bits per heavy atom. The Kier molecular flexibility index (Phi) is 10.8. The summed E-state index contributed by atoms with van der Waals surface area (Å²) in [5.74, 6) is -0.477. The molecule has 0 aliphatic carbocycles. The highest BCUT2D eigenvalue weighted by atomic mass is 32.1. The van der Waals surface area contributed by atoms with E-state index in [4.69, 9.17) is 9.47 Å². The number of halogens is 1. The van der Waals surface area contributed by atoms with E-state index in [1.165, 1.54) is 47.1 Å². The van der Waals surface area contributed by atoms with Gasteiger partial charge in [0, 0.05) is 17.5 Å². The van der Waals surface area contributed by atoms with Gasteiger partial charge in [-0.2, -0.15) is 23.7 Å². The molecule has 0 amide bonds. The summed E-state index contributed by atoms with van der Waals surface area (Å²) in [6, 6.07) is 3.94. The molecule has 0 unspecified atom stereocenters. The summed E-state index contributed by atoms with van der Waals surface area (Å²) >= 11 is 1.14. The van der Waals surface area contributed by atoms with Gasteiger partial charge in [0.25, 0.3) is 5.56 Å². The number of nitrogens with zero attached hydrogens (tertiary/aromatic N) is 5. The lowest BCUT2D eigenvalue weighted by molar-refractivity contribution is -0.127. The smallest absolute Gasteiger partial charge is 0.333 e. The Hall–Kier alpha value is -3.33. The van der Waals surface area contributed by atoms with Gasteiger partial charge >= 0.3 is 5.69 Å². The monoisotopic (exact) mass is 635 g/mol. The van der Waals surface area contributed by atoms with Gasteiger partial charge in [0.05, 0.1) is 44.1 Å². The Morgan fingerprint density at radius 3 is 2.40 bits per heavy atom. The molecule has 11 nitrogen and oxygen atoms in total. The van der Waals surface area contributed by atoms with Crippen molar-refractivity contribution >= 4 is 40.8 Å². The van der Waals surface area contributed by atoms with Crippen molar-refractivity contribution in [2.75, 3.05) is 13.7 Å². The maximum atomic E-state index is 14.5. The lowest BCUT2D eigenvalue weighted by atomic mass is 9.91. The zero-order valence-electron chi connectivity index (χ0n) is 25.3. The van der Waals surface area contributed by atoms with Crippen LogP contribution in [0.5, 0.6) is 5.75 Å². The summed E-state index contributed by atoms with van der Waals surface area (Å²) in [5.41, 5.74) is -1.95. The van der Waals surface area contributed by atoms with Gasteiger partial charge in [-0.15, -0.1) is 4.80 Å². The minimum atomic E-state index is -1.47. The maximum Gasteiger partial charge on any atom is 0.333 e. The molecule has 0 spiro atoms. The van der Waals surface area contributed by atoms with E-state index in [-0.39, 0.29) is 50.2 Å². The van der Waals surface area contributed by atoms with Crippen molar-refractivity contribution in [3.8, 4) is 10.8 Å². The van der Waals surface area contributed by atoms with Crippen LogP contribution in [0.1, 0.15) is 58.3 Å². The number of carbonyl (C=O) groups excluding carboxylic acids is 1. The number of ether oxygens (including phenoxy) is 2. The van der Waals surface area contributed by atoms with Crippen LogP contribution in [-0.4, -0.2) is 54.8 Å². The molecule has 3 heterocycles. The van der Waals surface area contributed by atoms with Gasteiger partial charge in [-0.05, 0) is 51.8 Å². The SMILES string of the molecule is COc1ccc(F)cc1[C@H](Cn1c(=O)n(C(C)(C)C(=O)CC(C)C)c(=O)c2c(C)c(-n3nccn3)sc21)OC[C@H](C)O.S. The largest absolute Gasteiger partial charge is 0.496 e. The number of rotatable bonds is 12. The van der Waals surface area contributed by atoms with Crippen molar-refractivity contribution < 1.29 is 23.8 Å². The fraction of sp³-hybridized carbons (Fsp3) is 0.483. The van der Waals surface area contributed by atoms with E-state index in [1.807, 2.05) is 13.8 Å². The number of fused-ring (bicyclic) bond motifs is 1. The molecule has 234 valence electrons. The average molecular weight is 636 g/mol. The molecule has 0 fully saturated rings. The summed E-state index contributed by atoms with van der Waals surface area (Å²) in [7, 11) is 1.43. The molecule has 0 aliphatic rings. The van der Waals surface area contributed by atoms with Crippen molar-refractivity contribution in [3.05, 3.63) is 68.4 Å². The second kappa shape index (κ2) is 13.5. The Morgan fingerprint density at radius 2 is 1.81 bits per heavy atom. The molecule has 4 rings (SSSR count). The van der Waals surface area contributed by atoms with Crippen LogP contribution in [0.15, 0.2) is 40.2 Å². The minimum Gasteiger partial charge on any atom is -0.496 e. The molecule has 0 bridgehead atoms. The number of thiophene rings is 1. The number of ketones is 1. The fourth-order valence-electron chi connectivity index (χ4n) is 4.86. The van der Waals surface area contributed by atoms with Crippen LogP contribution in [-0.2, 0) is 21.6 Å². The lowest BCUT2D eigenvalue weighted by Crippen LogP contribution is -2.53. The number of aliphatic hydroxyl groups is 1. The first-order chi connectivity index (χ1) is 19.8. The van der Waals surface area contributed by atoms with Gasteiger partial charge in [-0.1, -0.05) is 25.2 Å². The van der Waals surface area contributed by atoms with Crippen molar-refractivity contribution in [3.63, 3.8) is 0 Å². The van der Waals surface area contributed by atoms with Crippen LogP contribution in [0.25, 0.3) is 15.2 Å². The third-order valence-corrected chi connectivity index (χ3v) is 8.33. The van der Waals surface area contributed by atoms with Gasteiger partial charge in [-0.25, -0.2) is 13.8 Å². The molecule has 0 aliphatic heterocycles. The molecule has 3 aromatic heterocycles. The van der Waals surface area contributed by atoms with Crippen LogP contribution < -0.4 is 16.0 Å². The summed E-state index contributed by atoms with van der Waals surface area (Å²) in [6.45, 7) is 9.88. The third kappa shape index (κ3) is 6.77. The number of methoxy groups -OCH3 is 1. The van der Waals surface area contributed by atoms with E-state index in [9.17, 15) is 23.9 Å². The molecule has 2 atom stereocenters. The van der Waals surface area contributed by atoms with E-state index in [2.05, 4.69) is 10.2 Å². The van der Waals surface area contributed by atoms with Crippen molar-refractivity contribution in [1.29, 1.82) is 0 Å². The first-order valence-corrected chi connectivity index (χ1v) is 14.4. The Bertz CT molecular complexity index is 1710. The predicted octanol–water partition coefficient (Wildman–Crippen LogP) is 3.86. The highest BCUT2D eigenvalue weighted by Gasteiger charge is 2.36. The van der Waals surface area contributed by atoms with Gasteiger partial charge in [-0.3, -0.25) is 14.2 Å². The van der Waals surface area contributed by atoms with Crippen molar-refractivity contribution in [2.24, 2.45) is 5.92 Å². The second-order valence-corrected chi connectivity index (χ2v) is 12.2. The Labute approximate surface area is 259 Å². The molecule has 0 radical (unpaired) electrons. The van der Waals surface area contributed by atoms with Crippen LogP contribution >= 0.6 is 24.8 Å². The standard InChI is InChI=1S/C29H36FN5O6S.H2S/c1-16(2)12-23(37)29(5,6)34-25(38)24-18(4)26(35-31-10-11-32-35)42-27(24)33(28(34)39)14-22(41-15-17(3)36)20-13-19(30)8-9-21(20)40-7;/h8-11,13,16-17,22,36H,12,14-15H2,1-7H3;1H2/t17-,22-;/m0./s1. The van der Waals surface area contributed by atoms with Gasteiger partial charge in [0.1, 0.15) is 33.0 Å². The van der Waals surface area contributed by atoms with Crippen LogP contribution in [0.4, 0.5) is 4.39 Å². The molecule has 0 saturated heterocycles. The van der Waals surface area contributed by atoms with E-state index in [0.717, 1.165) is 15.9 Å². The topological polar surface area (TPSA) is 130 Å². The molecule has 4 aromatic rings. The fourth-order valence-corrected chi connectivity index (χ4v) is 6.08. The summed E-state index contributed by atoms with van der Waals surface area (Å²) in [4.78, 5) is 43.5. The number of hydrogen-bond acceptors (Lipinski definition) is 9. The summed E-state index contributed by atoms with van der Waals surface area (Å²) in [5, 5.41) is 19.1. The summed E-state index contributed by atoms with van der Waals surface area (Å²) in [6.07, 6.45) is 1.34. The average Bonchev–Trinajstić information content (AvgIpc) is 3.56. The third-order valence-electron chi connectivity index (χ3n) is 7.05. The van der Waals surface area contributed by atoms with Gasteiger partial charge < -0.3 is 14.6 Å². The quantitative estimate of drug-likeness (QED) is 0.248. The zero-order valence-corrected chi connectivity index (χ0v) is 27.1. The molecular formula is C29H38FN5O6S2. The summed E-state index contributed by atoms with van der Waals surface area (Å²) < 4.78 is 28.3. The first kappa shape index (κ1) is 34.2. The highest BCUT2D eigenvalue weighted by molar-refractivity contribution is 7.59. The van der Waals surface area contributed by atoms with E-state index < -0.39 is 34.8 Å². The number of aryl methyl sites for hydroxylation is 1. The van der Waals surface area contributed by atoms with Crippen LogP contribution in [0.2, 0.25) is 0 Å². The normalized spacial score (nSPS) is 13.3. The molecule has 1 N–H and O–H groups in total. The highest BCUT2D eigenvalue weighted by Crippen LogP contribution is 2.34.